The predicted molar refractivity (Wildman–Crippen MR) is 105 cm³/mol. The quantitative estimate of drug-likeness (QED) is 0.707. The van der Waals surface area contributed by atoms with Gasteiger partial charge in [0.15, 0.2) is 0 Å². The monoisotopic (exact) mass is 441 g/mol. The van der Waals surface area contributed by atoms with Crippen molar-refractivity contribution in [3.63, 3.8) is 0 Å². The van der Waals surface area contributed by atoms with Crippen LogP contribution in [0.5, 0.6) is 5.75 Å². The highest BCUT2D eigenvalue weighted by Crippen LogP contribution is 2.32. The highest BCUT2D eigenvalue weighted by atomic mass is 32.2. The van der Waals surface area contributed by atoms with Gasteiger partial charge in [-0.15, -0.1) is 0 Å². The smallest absolute Gasteiger partial charge is 0.416 e. The molecule has 162 valence electrons. The van der Waals surface area contributed by atoms with Crippen LogP contribution in [0.2, 0.25) is 0 Å². The van der Waals surface area contributed by atoms with Crippen molar-refractivity contribution >= 4 is 15.9 Å². The first-order chi connectivity index (χ1) is 14.1. The molecule has 3 rings (SSSR count). The van der Waals surface area contributed by atoms with E-state index in [0.717, 1.165) is 37.8 Å². The van der Waals surface area contributed by atoms with Crippen molar-refractivity contribution in [3.05, 3.63) is 65.2 Å². The van der Waals surface area contributed by atoms with Crippen LogP contribution in [-0.4, -0.2) is 20.4 Å². The molecule has 30 heavy (non-hydrogen) atoms. The van der Waals surface area contributed by atoms with E-state index >= 15 is 0 Å². The molecule has 1 amide bonds. The summed E-state index contributed by atoms with van der Waals surface area (Å²) in [5.41, 5.74) is -1.41. The number of rotatable bonds is 6. The van der Waals surface area contributed by atoms with E-state index in [1.807, 2.05) is 4.72 Å². The molecule has 0 aliphatic heterocycles. The lowest BCUT2D eigenvalue weighted by Crippen LogP contribution is -2.32. The molecule has 9 heteroatoms. The minimum absolute atomic E-state index is 0.0682. The Hall–Kier alpha value is -2.55. The Kier molecular flexibility index (Phi) is 6.70. The number of halogens is 3. The first-order valence-corrected chi connectivity index (χ1v) is 11.3. The number of carbonyl (C=O) groups excluding carboxylic acids is 1. The second kappa shape index (κ2) is 9.07. The van der Waals surface area contributed by atoms with Gasteiger partial charge in [0.25, 0.3) is 5.91 Å². The normalized spacial score (nSPS) is 15.6. The molecule has 1 N–H and O–H groups in total. The SMILES string of the molecule is O=C(NS(=O)(=O)Cc1ccccc1C(F)(F)F)c1ccc(OC2CCCCC2)cc1. The van der Waals surface area contributed by atoms with E-state index in [2.05, 4.69) is 0 Å². The number of amides is 1. The lowest BCUT2D eigenvalue weighted by Gasteiger charge is -2.23. The summed E-state index contributed by atoms with van der Waals surface area (Å²) in [5.74, 6) is -1.29. The van der Waals surface area contributed by atoms with E-state index in [9.17, 15) is 26.4 Å². The molecule has 2 aromatic rings. The van der Waals surface area contributed by atoms with Crippen LogP contribution in [0.3, 0.4) is 0 Å². The summed E-state index contributed by atoms with van der Waals surface area (Å²) in [6.07, 6.45) is 0.804. The van der Waals surface area contributed by atoms with E-state index in [-0.39, 0.29) is 11.7 Å². The standard InChI is InChI=1S/C21H22F3NO4S/c22-21(23,24)19-9-5-4-6-16(19)14-30(27,28)25-20(26)15-10-12-18(13-11-15)29-17-7-2-1-3-8-17/h4-6,9-13,17H,1-3,7-8,14H2,(H,25,26). The number of hydrogen-bond donors (Lipinski definition) is 1. The summed E-state index contributed by atoms with van der Waals surface area (Å²) < 4.78 is 71.4. The van der Waals surface area contributed by atoms with Gasteiger partial charge in [-0.1, -0.05) is 24.6 Å². The summed E-state index contributed by atoms with van der Waals surface area (Å²) >= 11 is 0. The van der Waals surface area contributed by atoms with Crippen LogP contribution >= 0.6 is 0 Å². The highest BCUT2D eigenvalue weighted by Gasteiger charge is 2.34. The molecule has 2 aromatic carbocycles. The van der Waals surface area contributed by atoms with Gasteiger partial charge in [-0.2, -0.15) is 13.2 Å². The number of nitrogens with one attached hydrogen (secondary N) is 1. The Morgan fingerprint density at radius 1 is 1.00 bits per heavy atom. The van der Waals surface area contributed by atoms with Crippen LogP contribution in [0.4, 0.5) is 13.2 Å². The van der Waals surface area contributed by atoms with Gasteiger partial charge in [-0.05, 0) is 61.6 Å². The van der Waals surface area contributed by atoms with Crippen molar-refractivity contribution in [3.8, 4) is 5.75 Å². The predicted octanol–water partition coefficient (Wildman–Crippen LogP) is 4.68. The van der Waals surface area contributed by atoms with Gasteiger partial charge in [0.05, 0.1) is 17.4 Å². The zero-order chi connectivity index (χ0) is 21.8. The van der Waals surface area contributed by atoms with Crippen LogP contribution in [0.25, 0.3) is 0 Å². The zero-order valence-electron chi connectivity index (χ0n) is 16.1. The Balaban J connectivity index is 1.65. The van der Waals surface area contributed by atoms with Crippen molar-refractivity contribution in [1.29, 1.82) is 0 Å². The Morgan fingerprint density at radius 3 is 2.27 bits per heavy atom. The van der Waals surface area contributed by atoms with Crippen molar-refractivity contribution < 1.29 is 31.1 Å². The molecule has 0 saturated heterocycles. The fourth-order valence-electron chi connectivity index (χ4n) is 3.42. The van der Waals surface area contributed by atoms with Crippen molar-refractivity contribution in [1.82, 2.24) is 4.72 Å². The molecule has 0 heterocycles. The molecule has 1 aliphatic carbocycles. The maximum Gasteiger partial charge on any atom is 0.416 e. The van der Waals surface area contributed by atoms with Gasteiger partial charge >= 0.3 is 6.18 Å². The minimum atomic E-state index is -4.69. The molecular formula is C21H22F3NO4S. The van der Waals surface area contributed by atoms with E-state index in [1.54, 1.807) is 12.1 Å². The van der Waals surface area contributed by atoms with Crippen LogP contribution < -0.4 is 9.46 Å². The summed E-state index contributed by atoms with van der Waals surface area (Å²) in [7, 11) is -4.33. The lowest BCUT2D eigenvalue weighted by molar-refractivity contribution is -0.138. The molecule has 0 spiro atoms. The van der Waals surface area contributed by atoms with Gasteiger partial charge in [-0.3, -0.25) is 4.79 Å². The Labute approximate surface area is 173 Å². The molecule has 0 bridgehead atoms. The molecule has 0 atom stereocenters. The second-order valence-corrected chi connectivity index (χ2v) is 8.97. The van der Waals surface area contributed by atoms with Crippen LogP contribution in [0.1, 0.15) is 53.6 Å². The summed E-state index contributed by atoms with van der Waals surface area (Å²) in [6.45, 7) is 0. The molecule has 0 aromatic heterocycles. The average Bonchev–Trinajstić information content (AvgIpc) is 2.68. The Morgan fingerprint density at radius 2 is 1.63 bits per heavy atom. The van der Waals surface area contributed by atoms with Crippen LogP contribution in [0, 0.1) is 0 Å². The van der Waals surface area contributed by atoms with Gasteiger partial charge in [0.2, 0.25) is 10.0 Å². The summed E-state index contributed by atoms with van der Waals surface area (Å²) in [5, 5.41) is 0. The van der Waals surface area contributed by atoms with Gasteiger partial charge < -0.3 is 4.74 Å². The lowest BCUT2D eigenvalue weighted by atomic mass is 9.98. The first-order valence-electron chi connectivity index (χ1n) is 9.61. The second-order valence-electron chi connectivity index (χ2n) is 7.25. The van der Waals surface area contributed by atoms with Crippen LogP contribution in [-0.2, 0) is 22.0 Å². The third-order valence-corrected chi connectivity index (χ3v) is 6.08. The molecule has 1 fully saturated rings. The number of carbonyl (C=O) groups is 1. The maximum atomic E-state index is 13.1. The summed E-state index contributed by atoms with van der Waals surface area (Å²) in [4.78, 5) is 12.3. The third kappa shape index (κ3) is 5.98. The molecule has 5 nitrogen and oxygen atoms in total. The van der Waals surface area contributed by atoms with E-state index < -0.39 is 39.0 Å². The molecule has 1 aliphatic rings. The van der Waals surface area contributed by atoms with Crippen molar-refractivity contribution in [2.24, 2.45) is 0 Å². The third-order valence-electron chi connectivity index (χ3n) is 4.89. The fourth-order valence-corrected chi connectivity index (χ4v) is 4.56. The van der Waals surface area contributed by atoms with E-state index in [4.69, 9.17) is 4.74 Å². The van der Waals surface area contributed by atoms with Crippen molar-refractivity contribution in [2.75, 3.05) is 0 Å². The zero-order valence-corrected chi connectivity index (χ0v) is 16.9. The summed E-state index contributed by atoms with van der Waals surface area (Å²) in [6, 6.07) is 10.4. The minimum Gasteiger partial charge on any atom is -0.490 e. The van der Waals surface area contributed by atoms with Gasteiger partial charge in [0.1, 0.15) is 5.75 Å². The van der Waals surface area contributed by atoms with Gasteiger partial charge in [-0.25, -0.2) is 13.1 Å². The molecule has 0 unspecified atom stereocenters. The van der Waals surface area contributed by atoms with Gasteiger partial charge in [0, 0.05) is 5.56 Å². The van der Waals surface area contributed by atoms with Crippen LogP contribution in [0.15, 0.2) is 48.5 Å². The van der Waals surface area contributed by atoms with E-state index in [1.165, 1.54) is 30.7 Å². The van der Waals surface area contributed by atoms with Crippen molar-refractivity contribution in [2.45, 2.75) is 50.1 Å². The number of hydrogen-bond acceptors (Lipinski definition) is 4. The number of sulfonamides is 1. The first kappa shape index (κ1) is 22.1. The molecule has 1 saturated carbocycles. The van der Waals surface area contributed by atoms with E-state index in [0.29, 0.717) is 5.75 Å². The highest BCUT2D eigenvalue weighted by molar-refractivity contribution is 7.89. The molecular weight excluding hydrogens is 419 g/mol. The number of ether oxygens (including phenoxy) is 1. The Bertz CT molecular complexity index is 982. The fraction of sp³-hybridized carbons (Fsp3) is 0.381. The number of benzene rings is 2. The maximum absolute atomic E-state index is 13.1. The topological polar surface area (TPSA) is 72.5 Å². The number of alkyl halides is 3. The average molecular weight is 441 g/mol. The molecule has 0 radical (unpaired) electrons. The largest absolute Gasteiger partial charge is 0.490 e.